The SMILES string of the molecule is CC(C)(C)OC(=O)CN(CCN)CS(=O)O. The zero-order valence-corrected chi connectivity index (χ0v) is 10.7. The van der Waals surface area contributed by atoms with Gasteiger partial charge in [0.05, 0.1) is 6.54 Å². The van der Waals surface area contributed by atoms with E-state index in [0.29, 0.717) is 13.1 Å². The summed E-state index contributed by atoms with van der Waals surface area (Å²) >= 11 is -1.97. The van der Waals surface area contributed by atoms with Gasteiger partial charge in [-0.2, -0.15) is 0 Å². The van der Waals surface area contributed by atoms with Gasteiger partial charge in [0.25, 0.3) is 0 Å². The van der Waals surface area contributed by atoms with Crippen molar-refractivity contribution in [2.45, 2.75) is 26.4 Å². The number of rotatable bonds is 6. The van der Waals surface area contributed by atoms with Crippen LogP contribution < -0.4 is 5.73 Å². The molecule has 0 radical (unpaired) electrons. The lowest BCUT2D eigenvalue weighted by atomic mass is 10.2. The molecule has 0 aromatic carbocycles. The molecule has 0 fully saturated rings. The van der Waals surface area contributed by atoms with Gasteiger partial charge in [-0.1, -0.05) is 0 Å². The van der Waals surface area contributed by atoms with Gasteiger partial charge < -0.3 is 15.0 Å². The molecular weight excluding hydrogens is 232 g/mol. The second kappa shape index (κ2) is 6.95. The van der Waals surface area contributed by atoms with Crippen molar-refractivity contribution in [2.24, 2.45) is 5.73 Å². The fraction of sp³-hybridized carbons (Fsp3) is 0.889. The van der Waals surface area contributed by atoms with Crippen molar-refractivity contribution >= 4 is 17.0 Å². The average Bonchev–Trinajstić information content (AvgIpc) is 1.98. The first-order valence-corrected chi connectivity index (χ1v) is 6.24. The molecule has 3 N–H and O–H groups in total. The molecule has 0 heterocycles. The molecule has 0 rings (SSSR count). The van der Waals surface area contributed by atoms with Crippen LogP contribution in [0.15, 0.2) is 0 Å². The maximum atomic E-state index is 11.4. The minimum atomic E-state index is -1.97. The molecule has 7 heteroatoms. The third-order valence-corrected chi connectivity index (χ3v) is 2.10. The van der Waals surface area contributed by atoms with Crippen LogP contribution in [0.5, 0.6) is 0 Å². The van der Waals surface area contributed by atoms with Crippen molar-refractivity contribution in [1.82, 2.24) is 4.90 Å². The van der Waals surface area contributed by atoms with E-state index in [1.54, 1.807) is 20.8 Å². The summed E-state index contributed by atoms with van der Waals surface area (Å²) in [5.74, 6) is -0.525. The Morgan fingerprint density at radius 2 is 2.06 bits per heavy atom. The first-order chi connectivity index (χ1) is 7.24. The fourth-order valence-electron chi connectivity index (χ4n) is 1.08. The van der Waals surface area contributed by atoms with Crippen LogP contribution in [0.4, 0.5) is 0 Å². The molecule has 0 aromatic heterocycles. The fourth-order valence-corrected chi connectivity index (χ4v) is 1.62. The third kappa shape index (κ3) is 8.78. The molecule has 1 unspecified atom stereocenters. The van der Waals surface area contributed by atoms with Gasteiger partial charge in [-0.3, -0.25) is 9.69 Å². The van der Waals surface area contributed by atoms with Gasteiger partial charge in [0.1, 0.15) is 11.5 Å². The van der Waals surface area contributed by atoms with Gasteiger partial charge >= 0.3 is 5.97 Å². The molecule has 0 aromatic rings. The Labute approximate surface area is 98.4 Å². The Hall–Kier alpha value is -0.500. The number of carbonyl (C=O) groups is 1. The monoisotopic (exact) mass is 252 g/mol. The van der Waals surface area contributed by atoms with Crippen LogP contribution in [0, 0.1) is 0 Å². The Morgan fingerprint density at radius 1 is 1.50 bits per heavy atom. The first-order valence-electron chi connectivity index (χ1n) is 4.96. The minimum absolute atomic E-state index is 0.0270. The predicted octanol–water partition coefficient (Wildman–Crippen LogP) is -0.232. The molecule has 6 nitrogen and oxygen atoms in total. The highest BCUT2D eigenvalue weighted by Gasteiger charge is 2.19. The summed E-state index contributed by atoms with van der Waals surface area (Å²) in [4.78, 5) is 12.9. The molecule has 0 spiro atoms. The second-order valence-corrected chi connectivity index (χ2v) is 5.28. The molecule has 0 saturated carbocycles. The zero-order chi connectivity index (χ0) is 12.8. The zero-order valence-electron chi connectivity index (χ0n) is 9.93. The number of carbonyl (C=O) groups excluding carboxylic acids is 1. The standard InChI is InChI=1S/C9H20N2O4S/c1-9(2,3)15-8(12)6-11(5-4-10)7-16(13)14/h4-7,10H2,1-3H3,(H,13,14). The van der Waals surface area contributed by atoms with Gasteiger partial charge in [0.2, 0.25) is 0 Å². The van der Waals surface area contributed by atoms with Crippen LogP contribution >= 0.6 is 0 Å². The van der Waals surface area contributed by atoms with E-state index in [-0.39, 0.29) is 12.4 Å². The molecule has 0 aliphatic carbocycles. The smallest absolute Gasteiger partial charge is 0.320 e. The molecule has 1 atom stereocenters. The topological polar surface area (TPSA) is 92.9 Å². The maximum absolute atomic E-state index is 11.4. The molecule has 16 heavy (non-hydrogen) atoms. The van der Waals surface area contributed by atoms with E-state index in [1.165, 1.54) is 4.90 Å². The van der Waals surface area contributed by atoms with Crippen molar-refractivity contribution in [1.29, 1.82) is 0 Å². The molecule has 0 amide bonds. The van der Waals surface area contributed by atoms with E-state index in [9.17, 15) is 9.00 Å². The Bertz CT molecular complexity index is 252. The van der Waals surface area contributed by atoms with Gasteiger partial charge in [0.15, 0.2) is 11.1 Å². The maximum Gasteiger partial charge on any atom is 0.320 e. The van der Waals surface area contributed by atoms with E-state index in [4.69, 9.17) is 15.0 Å². The highest BCUT2D eigenvalue weighted by atomic mass is 32.2. The summed E-state index contributed by atoms with van der Waals surface area (Å²) in [6, 6.07) is 0. The highest BCUT2D eigenvalue weighted by molar-refractivity contribution is 7.79. The minimum Gasteiger partial charge on any atom is -0.459 e. The van der Waals surface area contributed by atoms with Gasteiger partial charge in [-0.25, -0.2) is 4.21 Å². The van der Waals surface area contributed by atoms with Gasteiger partial charge in [-0.15, -0.1) is 0 Å². The van der Waals surface area contributed by atoms with E-state index in [0.717, 1.165) is 0 Å². The van der Waals surface area contributed by atoms with Crippen LogP contribution in [0.3, 0.4) is 0 Å². The number of hydrogen-bond acceptors (Lipinski definition) is 5. The van der Waals surface area contributed by atoms with Crippen molar-refractivity contribution in [3.63, 3.8) is 0 Å². The van der Waals surface area contributed by atoms with E-state index < -0.39 is 22.7 Å². The summed E-state index contributed by atoms with van der Waals surface area (Å²) in [7, 11) is 0. The molecule has 0 bridgehead atoms. The largest absolute Gasteiger partial charge is 0.459 e. The van der Waals surface area contributed by atoms with E-state index >= 15 is 0 Å². The number of nitrogens with two attached hydrogens (primary N) is 1. The highest BCUT2D eigenvalue weighted by Crippen LogP contribution is 2.07. The van der Waals surface area contributed by atoms with Crippen LogP contribution in [-0.2, 0) is 20.6 Å². The van der Waals surface area contributed by atoms with Crippen molar-refractivity contribution in [3.05, 3.63) is 0 Å². The summed E-state index contributed by atoms with van der Waals surface area (Å²) in [5.41, 5.74) is 4.78. The van der Waals surface area contributed by atoms with Gasteiger partial charge in [0, 0.05) is 13.1 Å². The summed E-state index contributed by atoms with van der Waals surface area (Å²) in [5, 5.41) is 0. The number of hydrogen-bond donors (Lipinski definition) is 2. The molecule has 0 aliphatic heterocycles. The van der Waals surface area contributed by atoms with Crippen molar-refractivity contribution < 1.29 is 18.3 Å². The van der Waals surface area contributed by atoms with Crippen molar-refractivity contribution in [2.75, 3.05) is 25.5 Å². The quantitative estimate of drug-likeness (QED) is 0.501. The van der Waals surface area contributed by atoms with Crippen LogP contribution in [0.25, 0.3) is 0 Å². The van der Waals surface area contributed by atoms with Crippen LogP contribution in [0.1, 0.15) is 20.8 Å². The lowest BCUT2D eigenvalue weighted by Gasteiger charge is -2.23. The van der Waals surface area contributed by atoms with Gasteiger partial charge in [-0.05, 0) is 20.8 Å². The number of esters is 1. The Morgan fingerprint density at radius 3 is 2.44 bits per heavy atom. The Balaban J connectivity index is 4.17. The third-order valence-electron chi connectivity index (χ3n) is 1.51. The molecule has 96 valence electrons. The van der Waals surface area contributed by atoms with E-state index in [2.05, 4.69) is 0 Å². The molecular formula is C9H20N2O4S. The second-order valence-electron chi connectivity index (χ2n) is 4.38. The van der Waals surface area contributed by atoms with Crippen LogP contribution in [0.2, 0.25) is 0 Å². The number of ether oxygens (including phenoxy) is 1. The molecule has 0 aliphatic rings. The van der Waals surface area contributed by atoms with Crippen LogP contribution in [-0.4, -0.2) is 50.7 Å². The summed E-state index contributed by atoms with van der Waals surface area (Å²) in [6.45, 7) is 5.97. The summed E-state index contributed by atoms with van der Waals surface area (Å²) < 4.78 is 24.5. The van der Waals surface area contributed by atoms with E-state index in [1.807, 2.05) is 0 Å². The molecule has 0 saturated heterocycles. The predicted molar refractivity (Wildman–Crippen MR) is 62.1 cm³/mol. The summed E-state index contributed by atoms with van der Waals surface area (Å²) in [6.07, 6.45) is 0. The average molecular weight is 252 g/mol. The Kier molecular flexibility index (Phi) is 6.73. The lowest BCUT2D eigenvalue weighted by molar-refractivity contribution is -0.155. The first kappa shape index (κ1) is 15.5. The number of nitrogens with zero attached hydrogens (tertiary/aromatic N) is 1. The normalized spacial score (nSPS) is 13.9. The van der Waals surface area contributed by atoms with Crippen molar-refractivity contribution in [3.8, 4) is 0 Å². The lowest BCUT2D eigenvalue weighted by Crippen LogP contribution is -2.39.